The summed E-state index contributed by atoms with van der Waals surface area (Å²) in [6, 6.07) is 10.8. The molecule has 0 unspecified atom stereocenters. The zero-order valence-corrected chi connectivity index (χ0v) is 13.5. The van der Waals surface area contributed by atoms with E-state index >= 15 is 0 Å². The van der Waals surface area contributed by atoms with Crippen LogP contribution in [-0.4, -0.2) is 0 Å². The fraction of sp³-hybridized carbons (Fsp3) is 0.0714. The Kier molecular flexibility index (Phi) is 4.59. The van der Waals surface area contributed by atoms with Gasteiger partial charge < -0.3 is 5.32 Å². The Labute approximate surface area is 135 Å². The highest BCUT2D eigenvalue weighted by Crippen LogP contribution is 2.37. The quantitative estimate of drug-likeness (QED) is 0.663. The SMILES string of the molecule is N#Cc1c(Br)cccc1Nc1ccc(Br)c(C(F)(F)F)c1. The Morgan fingerprint density at radius 2 is 1.76 bits per heavy atom. The summed E-state index contributed by atoms with van der Waals surface area (Å²) in [5, 5.41) is 11.9. The number of hydrogen-bond donors (Lipinski definition) is 1. The van der Waals surface area contributed by atoms with Gasteiger partial charge in [0.15, 0.2) is 0 Å². The van der Waals surface area contributed by atoms with Crippen LogP contribution in [-0.2, 0) is 6.18 Å². The summed E-state index contributed by atoms with van der Waals surface area (Å²) in [4.78, 5) is 0. The molecule has 0 heterocycles. The lowest BCUT2D eigenvalue weighted by Gasteiger charge is -2.13. The van der Waals surface area contributed by atoms with Crippen LogP contribution in [0.3, 0.4) is 0 Å². The first kappa shape index (κ1) is 15.9. The van der Waals surface area contributed by atoms with Crippen molar-refractivity contribution in [2.45, 2.75) is 6.18 Å². The highest BCUT2D eigenvalue weighted by Gasteiger charge is 2.33. The van der Waals surface area contributed by atoms with Gasteiger partial charge in [-0.25, -0.2) is 0 Å². The lowest BCUT2D eigenvalue weighted by atomic mass is 10.1. The van der Waals surface area contributed by atoms with Gasteiger partial charge in [0.05, 0.1) is 16.8 Å². The summed E-state index contributed by atoms with van der Waals surface area (Å²) in [7, 11) is 0. The molecule has 2 rings (SSSR count). The molecular weight excluding hydrogens is 413 g/mol. The van der Waals surface area contributed by atoms with Crippen LogP contribution in [0.2, 0.25) is 0 Å². The number of halogens is 5. The molecule has 2 aromatic carbocycles. The van der Waals surface area contributed by atoms with E-state index in [1.165, 1.54) is 12.1 Å². The second-order valence-electron chi connectivity index (χ2n) is 4.09. The monoisotopic (exact) mass is 418 g/mol. The second-order valence-corrected chi connectivity index (χ2v) is 5.80. The maximum absolute atomic E-state index is 12.9. The number of hydrogen-bond acceptors (Lipinski definition) is 2. The Hall–Kier alpha value is -1.52. The van der Waals surface area contributed by atoms with Crippen molar-refractivity contribution in [2.24, 2.45) is 0 Å². The van der Waals surface area contributed by atoms with Crippen LogP contribution in [0.1, 0.15) is 11.1 Å². The normalized spacial score (nSPS) is 11.0. The Morgan fingerprint density at radius 1 is 1.05 bits per heavy atom. The third-order valence-electron chi connectivity index (χ3n) is 2.68. The van der Waals surface area contributed by atoms with Crippen LogP contribution in [0.5, 0.6) is 0 Å². The number of benzene rings is 2. The molecule has 0 radical (unpaired) electrons. The molecule has 0 aliphatic heterocycles. The van der Waals surface area contributed by atoms with Crippen molar-refractivity contribution in [1.82, 2.24) is 0 Å². The summed E-state index contributed by atoms with van der Waals surface area (Å²) in [5.74, 6) is 0. The zero-order valence-electron chi connectivity index (χ0n) is 10.3. The molecule has 0 aromatic heterocycles. The fourth-order valence-corrected chi connectivity index (χ4v) is 2.64. The van der Waals surface area contributed by atoms with Gasteiger partial charge in [0.25, 0.3) is 0 Å². The lowest BCUT2D eigenvalue weighted by Crippen LogP contribution is -2.07. The van der Waals surface area contributed by atoms with Gasteiger partial charge in [-0.2, -0.15) is 18.4 Å². The van der Waals surface area contributed by atoms with Gasteiger partial charge in [0, 0.05) is 14.6 Å². The van der Waals surface area contributed by atoms with Gasteiger partial charge in [-0.1, -0.05) is 22.0 Å². The van der Waals surface area contributed by atoms with Crippen LogP contribution in [0.4, 0.5) is 24.5 Å². The van der Waals surface area contributed by atoms with Gasteiger partial charge in [-0.15, -0.1) is 0 Å². The first-order valence-corrected chi connectivity index (χ1v) is 7.24. The van der Waals surface area contributed by atoms with E-state index in [0.29, 0.717) is 15.7 Å². The van der Waals surface area contributed by atoms with Crippen LogP contribution < -0.4 is 5.32 Å². The fourth-order valence-electron chi connectivity index (χ4n) is 1.72. The topological polar surface area (TPSA) is 35.8 Å². The van der Waals surface area contributed by atoms with E-state index in [-0.39, 0.29) is 10.2 Å². The molecule has 0 aliphatic carbocycles. The van der Waals surface area contributed by atoms with Crippen molar-refractivity contribution < 1.29 is 13.2 Å². The van der Waals surface area contributed by atoms with Gasteiger partial charge >= 0.3 is 6.18 Å². The minimum Gasteiger partial charge on any atom is -0.354 e. The number of alkyl halides is 3. The van der Waals surface area contributed by atoms with E-state index in [1.807, 2.05) is 6.07 Å². The van der Waals surface area contributed by atoms with Crippen molar-refractivity contribution >= 4 is 43.2 Å². The number of rotatable bonds is 2. The predicted molar refractivity (Wildman–Crippen MR) is 81.3 cm³/mol. The number of nitrogens with zero attached hydrogens (tertiary/aromatic N) is 1. The molecule has 0 aliphatic rings. The average Bonchev–Trinajstić information content (AvgIpc) is 2.40. The maximum atomic E-state index is 12.9. The second kappa shape index (κ2) is 6.08. The molecule has 0 fully saturated rings. The van der Waals surface area contributed by atoms with Crippen molar-refractivity contribution in [2.75, 3.05) is 5.32 Å². The van der Waals surface area contributed by atoms with E-state index in [0.717, 1.165) is 6.07 Å². The maximum Gasteiger partial charge on any atom is 0.417 e. The van der Waals surface area contributed by atoms with E-state index in [4.69, 9.17) is 5.26 Å². The zero-order chi connectivity index (χ0) is 15.6. The first-order valence-electron chi connectivity index (χ1n) is 5.65. The van der Waals surface area contributed by atoms with E-state index in [9.17, 15) is 13.2 Å². The molecule has 0 saturated heterocycles. The Morgan fingerprint density at radius 3 is 2.38 bits per heavy atom. The molecule has 2 nitrogen and oxygen atoms in total. The van der Waals surface area contributed by atoms with E-state index in [2.05, 4.69) is 37.2 Å². The Bertz CT molecular complexity index is 721. The van der Waals surface area contributed by atoms with Crippen molar-refractivity contribution in [1.29, 1.82) is 5.26 Å². The van der Waals surface area contributed by atoms with Crippen LogP contribution in [0, 0.1) is 11.3 Å². The first-order chi connectivity index (χ1) is 9.82. The minimum absolute atomic E-state index is 0.0321. The molecule has 0 spiro atoms. The number of nitrogens with one attached hydrogen (secondary N) is 1. The molecule has 0 amide bonds. The highest BCUT2D eigenvalue weighted by atomic mass is 79.9. The lowest BCUT2D eigenvalue weighted by molar-refractivity contribution is -0.138. The van der Waals surface area contributed by atoms with Crippen molar-refractivity contribution in [3.63, 3.8) is 0 Å². The molecule has 7 heteroatoms. The molecule has 1 N–H and O–H groups in total. The predicted octanol–water partition coefficient (Wildman–Crippen LogP) is 5.85. The van der Waals surface area contributed by atoms with Gasteiger partial charge in [0.2, 0.25) is 0 Å². The van der Waals surface area contributed by atoms with Crippen molar-refractivity contribution in [3.8, 4) is 6.07 Å². The Balaban J connectivity index is 2.42. The molecule has 0 bridgehead atoms. The molecule has 0 saturated carbocycles. The van der Waals surface area contributed by atoms with Gasteiger partial charge in [-0.3, -0.25) is 0 Å². The summed E-state index contributed by atoms with van der Waals surface area (Å²) in [5.41, 5.74) is 0.234. The summed E-state index contributed by atoms with van der Waals surface area (Å²) in [6.45, 7) is 0. The standard InChI is InChI=1S/C14H7Br2F3N2/c15-11-2-1-3-13(9(11)7-20)21-8-4-5-12(16)10(6-8)14(17,18)19/h1-6,21H. The third kappa shape index (κ3) is 3.57. The molecular formula is C14H7Br2F3N2. The largest absolute Gasteiger partial charge is 0.417 e. The average molecular weight is 420 g/mol. The summed E-state index contributed by atoms with van der Waals surface area (Å²) >= 11 is 6.11. The summed E-state index contributed by atoms with van der Waals surface area (Å²) in [6.07, 6.45) is -4.45. The molecule has 108 valence electrons. The smallest absolute Gasteiger partial charge is 0.354 e. The van der Waals surface area contributed by atoms with Gasteiger partial charge in [0.1, 0.15) is 6.07 Å². The third-order valence-corrected chi connectivity index (χ3v) is 4.03. The molecule has 2 aromatic rings. The minimum atomic E-state index is -4.45. The van der Waals surface area contributed by atoms with Gasteiger partial charge in [-0.05, 0) is 46.3 Å². The van der Waals surface area contributed by atoms with Crippen molar-refractivity contribution in [3.05, 3.63) is 56.5 Å². The number of nitriles is 1. The van der Waals surface area contributed by atoms with Crippen LogP contribution in [0.15, 0.2) is 45.3 Å². The van der Waals surface area contributed by atoms with E-state index in [1.54, 1.807) is 18.2 Å². The van der Waals surface area contributed by atoms with Crippen LogP contribution in [0.25, 0.3) is 0 Å². The molecule has 0 atom stereocenters. The van der Waals surface area contributed by atoms with Crippen LogP contribution >= 0.6 is 31.9 Å². The number of anilines is 2. The molecule has 21 heavy (non-hydrogen) atoms. The summed E-state index contributed by atoms with van der Waals surface area (Å²) < 4.78 is 39.1. The highest BCUT2D eigenvalue weighted by molar-refractivity contribution is 9.10. The van der Waals surface area contributed by atoms with E-state index < -0.39 is 11.7 Å².